The summed E-state index contributed by atoms with van der Waals surface area (Å²) in [5.41, 5.74) is 6.63. The Labute approximate surface area is 57.9 Å². The van der Waals surface area contributed by atoms with Gasteiger partial charge in [-0.25, -0.2) is 0 Å². The third kappa shape index (κ3) is 4.07. The molecule has 0 aliphatic carbocycles. The van der Waals surface area contributed by atoms with Crippen LogP contribution in [0.5, 0.6) is 0 Å². The molecule has 2 N–H and O–H groups in total. The first kappa shape index (κ1) is 8.54. The van der Waals surface area contributed by atoms with E-state index in [0.717, 1.165) is 18.0 Å². The zero-order valence-electron chi connectivity index (χ0n) is 6.65. The zero-order valence-corrected chi connectivity index (χ0v) is 6.65. The highest BCUT2D eigenvalue weighted by atomic mass is 14.6. The smallest absolute Gasteiger partial charge is 0.00398 e. The van der Waals surface area contributed by atoms with E-state index in [1.54, 1.807) is 0 Å². The molecule has 0 amide bonds. The lowest BCUT2D eigenvalue weighted by Crippen LogP contribution is -2.02. The topological polar surface area (TPSA) is 26.0 Å². The maximum absolute atomic E-state index is 5.61. The summed E-state index contributed by atoms with van der Waals surface area (Å²) in [5.74, 6) is 0.737. The summed E-state index contributed by atoms with van der Waals surface area (Å²) < 4.78 is 0. The van der Waals surface area contributed by atoms with Crippen LogP contribution in [0, 0.1) is 5.92 Å². The Hall–Kier alpha value is -0.460. The molecule has 0 aromatic carbocycles. The normalized spacial score (nSPS) is 15.7. The Balaban J connectivity index is 3.47. The summed E-state index contributed by atoms with van der Waals surface area (Å²) in [4.78, 5) is 0. The van der Waals surface area contributed by atoms with Crippen molar-refractivity contribution in [2.45, 2.75) is 33.6 Å². The van der Waals surface area contributed by atoms with E-state index in [9.17, 15) is 0 Å². The van der Waals surface area contributed by atoms with E-state index in [2.05, 4.69) is 13.8 Å². The van der Waals surface area contributed by atoms with Crippen molar-refractivity contribution in [1.82, 2.24) is 0 Å². The maximum Gasteiger partial charge on any atom is 0.00398 e. The van der Waals surface area contributed by atoms with Gasteiger partial charge in [-0.05, 0) is 19.3 Å². The van der Waals surface area contributed by atoms with Gasteiger partial charge < -0.3 is 5.73 Å². The van der Waals surface area contributed by atoms with Gasteiger partial charge in [-0.1, -0.05) is 26.3 Å². The fourth-order valence-corrected chi connectivity index (χ4v) is 0.665. The van der Waals surface area contributed by atoms with Gasteiger partial charge >= 0.3 is 0 Å². The van der Waals surface area contributed by atoms with Crippen LogP contribution >= 0.6 is 0 Å². The molecule has 0 saturated heterocycles. The molecule has 0 aliphatic rings. The SMILES string of the molecule is C/C=C(\N)C[C@H](C)CC. The molecule has 0 aliphatic heterocycles. The average Bonchev–Trinajstić information content (AvgIpc) is 1.87. The van der Waals surface area contributed by atoms with E-state index in [1.807, 2.05) is 13.0 Å². The summed E-state index contributed by atoms with van der Waals surface area (Å²) >= 11 is 0. The first-order chi connectivity index (χ1) is 4.20. The Morgan fingerprint density at radius 3 is 2.56 bits per heavy atom. The Morgan fingerprint density at radius 1 is 1.67 bits per heavy atom. The van der Waals surface area contributed by atoms with Gasteiger partial charge in [0, 0.05) is 5.70 Å². The van der Waals surface area contributed by atoms with Crippen LogP contribution in [0.25, 0.3) is 0 Å². The average molecular weight is 127 g/mol. The van der Waals surface area contributed by atoms with Crippen LogP contribution in [0.3, 0.4) is 0 Å². The Bertz CT molecular complexity index is 94.7. The van der Waals surface area contributed by atoms with Gasteiger partial charge in [-0.15, -0.1) is 0 Å². The van der Waals surface area contributed by atoms with Gasteiger partial charge in [0.15, 0.2) is 0 Å². The van der Waals surface area contributed by atoms with Crippen LogP contribution in [0.2, 0.25) is 0 Å². The monoisotopic (exact) mass is 127 g/mol. The van der Waals surface area contributed by atoms with Crippen LogP contribution in [-0.4, -0.2) is 0 Å². The van der Waals surface area contributed by atoms with Gasteiger partial charge in [0.2, 0.25) is 0 Å². The fraction of sp³-hybridized carbons (Fsp3) is 0.750. The van der Waals surface area contributed by atoms with E-state index in [4.69, 9.17) is 5.73 Å². The molecular weight excluding hydrogens is 110 g/mol. The van der Waals surface area contributed by atoms with Gasteiger partial charge in [-0.2, -0.15) is 0 Å². The minimum atomic E-state index is 0.737. The van der Waals surface area contributed by atoms with Crippen molar-refractivity contribution < 1.29 is 0 Å². The Morgan fingerprint density at radius 2 is 2.22 bits per heavy atom. The van der Waals surface area contributed by atoms with Crippen molar-refractivity contribution in [2.24, 2.45) is 11.7 Å². The van der Waals surface area contributed by atoms with E-state index in [1.165, 1.54) is 6.42 Å². The Kier molecular flexibility index (Phi) is 4.20. The lowest BCUT2D eigenvalue weighted by Gasteiger charge is -2.06. The first-order valence-corrected chi connectivity index (χ1v) is 3.61. The molecule has 1 nitrogen and oxygen atoms in total. The first-order valence-electron chi connectivity index (χ1n) is 3.61. The second-order valence-corrected chi connectivity index (χ2v) is 2.58. The van der Waals surface area contributed by atoms with Gasteiger partial charge in [-0.3, -0.25) is 0 Å². The van der Waals surface area contributed by atoms with Crippen LogP contribution in [-0.2, 0) is 0 Å². The van der Waals surface area contributed by atoms with Crippen molar-refractivity contribution in [3.05, 3.63) is 11.8 Å². The molecule has 0 rings (SSSR count). The summed E-state index contributed by atoms with van der Waals surface area (Å²) in [7, 11) is 0. The predicted octanol–water partition coefficient (Wildman–Crippen LogP) is 2.29. The largest absolute Gasteiger partial charge is 0.402 e. The molecule has 0 aromatic heterocycles. The van der Waals surface area contributed by atoms with Crippen LogP contribution in [0.15, 0.2) is 11.8 Å². The molecule has 0 spiro atoms. The molecule has 0 radical (unpaired) electrons. The second kappa shape index (κ2) is 4.42. The molecule has 1 atom stereocenters. The lowest BCUT2D eigenvalue weighted by molar-refractivity contribution is 0.554. The number of hydrogen-bond donors (Lipinski definition) is 1. The third-order valence-electron chi connectivity index (χ3n) is 1.65. The second-order valence-electron chi connectivity index (χ2n) is 2.58. The van der Waals surface area contributed by atoms with E-state index in [-0.39, 0.29) is 0 Å². The summed E-state index contributed by atoms with van der Waals surface area (Å²) in [6, 6.07) is 0. The van der Waals surface area contributed by atoms with Crippen LogP contribution in [0.1, 0.15) is 33.6 Å². The lowest BCUT2D eigenvalue weighted by atomic mass is 10.0. The highest BCUT2D eigenvalue weighted by molar-refractivity contribution is 4.94. The standard InChI is InChI=1S/C8H17N/c1-4-7(3)6-8(9)5-2/h5,7H,4,6,9H2,1-3H3/b8-5-/t7-/m1/s1. The van der Waals surface area contributed by atoms with Crippen LogP contribution < -0.4 is 5.73 Å². The minimum Gasteiger partial charge on any atom is -0.402 e. The highest BCUT2D eigenvalue weighted by Gasteiger charge is 1.97. The zero-order chi connectivity index (χ0) is 7.28. The molecule has 9 heavy (non-hydrogen) atoms. The highest BCUT2D eigenvalue weighted by Crippen LogP contribution is 2.09. The van der Waals surface area contributed by atoms with E-state index < -0.39 is 0 Å². The number of nitrogens with two attached hydrogens (primary N) is 1. The van der Waals surface area contributed by atoms with Gasteiger partial charge in [0.05, 0.1) is 0 Å². The third-order valence-corrected chi connectivity index (χ3v) is 1.65. The molecular formula is C8H17N. The van der Waals surface area contributed by atoms with Gasteiger partial charge in [0.25, 0.3) is 0 Å². The molecule has 0 unspecified atom stereocenters. The molecule has 0 fully saturated rings. The molecule has 1 heteroatoms. The molecule has 0 heterocycles. The summed E-state index contributed by atoms with van der Waals surface area (Å²) in [6.45, 7) is 6.39. The molecule has 0 aromatic rings. The van der Waals surface area contributed by atoms with Crippen molar-refractivity contribution in [3.63, 3.8) is 0 Å². The van der Waals surface area contributed by atoms with Crippen molar-refractivity contribution >= 4 is 0 Å². The van der Waals surface area contributed by atoms with Crippen molar-refractivity contribution in [3.8, 4) is 0 Å². The molecule has 0 saturated carbocycles. The van der Waals surface area contributed by atoms with E-state index in [0.29, 0.717) is 0 Å². The summed E-state index contributed by atoms with van der Waals surface area (Å²) in [6.07, 6.45) is 4.24. The number of hydrogen-bond acceptors (Lipinski definition) is 1. The van der Waals surface area contributed by atoms with Crippen molar-refractivity contribution in [2.75, 3.05) is 0 Å². The van der Waals surface area contributed by atoms with Crippen molar-refractivity contribution in [1.29, 1.82) is 0 Å². The predicted molar refractivity (Wildman–Crippen MR) is 42.0 cm³/mol. The fourth-order valence-electron chi connectivity index (χ4n) is 0.665. The molecule has 54 valence electrons. The van der Waals surface area contributed by atoms with Gasteiger partial charge in [0.1, 0.15) is 0 Å². The minimum absolute atomic E-state index is 0.737. The summed E-state index contributed by atoms with van der Waals surface area (Å²) in [5, 5.41) is 0. The number of rotatable bonds is 3. The molecule has 0 bridgehead atoms. The number of allylic oxidation sites excluding steroid dienone is 2. The maximum atomic E-state index is 5.61. The quantitative estimate of drug-likeness (QED) is 0.618. The van der Waals surface area contributed by atoms with Crippen LogP contribution in [0.4, 0.5) is 0 Å². The van der Waals surface area contributed by atoms with E-state index >= 15 is 0 Å².